The van der Waals surface area contributed by atoms with Gasteiger partial charge in [-0.1, -0.05) is 35.9 Å². The number of carbonyl (C=O) groups is 1. The number of carboxylic acids is 1. The lowest BCUT2D eigenvalue weighted by Crippen LogP contribution is -2.13. The summed E-state index contributed by atoms with van der Waals surface area (Å²) in [6.07, 6.45) is 6.31. The third kappa shape index (κ3) is 4.58. The van der Waals surface area contributed by atoms with Crippen LogP contribution in [-0.4, -0.2) is 23.5 Å². The first-order valence-electron chi connectivity index (χ1n) is 7.20. The predicted octanol–water partition coefficient (Wildman–Crippen LogP) is 3.70. The molecule has 7 heteroatoms. The zero-order valence-electron chi connectivity index (χ0n) is 13.3. The van der Waals surface area contributed by atoms with Crippen LogP contribution in [0.15, 0.2) is 64.2 Å². The van der Waals surface area contributed by atoms with E-state index in [1.165, 1.54) is 10.2 Å². The van der Waals surface area contributed by atoms with Crippen LogP contribution in [0.2, 0.25) is 0 Å². The highest BCUT2D eigenvalue weighted by Gasteiger charge is 2.20. The van der Waals surface area contributed by atoms with Gasteiger partial charge in [-0.05, 0) is 47.7 Å². The monoisotopic (exact) mass is 411 g/mol. The van der Waals surface area contributed by atoms with Gasteiger partial charge in [0.25, 0.3) is 10.0 Å². The SMILES string of the molecule is CC(C)(/C=C/C(=O)O)Cc1ccn(S(=O)(=O)c2ccc(Br)cc2)c1. The molecule has 0 bridgehead atoms. The molecule has 0 saturated heterocycles. The van der Waals surface area contributed by atoms with Gasteiger partial charge in [0.15, 0.2) is 0 Å². The van der Waals surface area contributed by atoms with Crippen molar-refractivity contribution in [2.45, 2.75) is 25.2 Å². The quantitative estimate of drug-likeness (QED) is 0.735. The second kappa shape index (κ2) is 6.94. The molecule has 0 aliphatic heterocycles. The summed E-state index contributed by atoms with van der Waals surface area (Å²) >= 11 is 3.28. The second-order valence-electron chi connectivity index (χ2n) is 6.15. The van der Waals surface area contributed by atoms with Gasteiger partial charge < -0.3 is 5.11 Å². The molecule has 0 aliphatic rings. The summed E-state index contributed by atoms with van der Waals surface area (Å²) < 4.78 is 27.2. The molecule has 0 radical (unpaired) electrons. The van der Waals surface area contributed by atoms with E-state index in [9.17, 15) is 13.2 Å². The molecule has 0 aliphatic carbocycles. The molecule has 5 nitrogen and oxygen atoms in total. The van der Waals surface area contributed by atoms with Crippen molar-refractivity contribution in [1.82, 2.24) is 3.97 Å². The summed E-state index contributed by atoms with van der Waals surface area (Å²) in [5, 5.41) is 8.73. The molecule has 0 spiro atoms. The number of benzene rings is 1. The van der Waals surface area contributed by atoms with Gasteiger partial charge in [-0.3, -0.25) is 0 Å². The van der Waals surface area contributed by atoms with Crippen molar-refractivity contribution in [2.75, 3.05) is 0 Å². The Morgan fingerprint density at radius 3 is 2.46 bits per heavy atom. The van der Waals surface area contributed by atoms with Crippen LogP contribution in [0.25, 0.3) is 0 Å². The average Bonchev–Trinajstić information content (AvgIpc) is 2.94. The van der Waals surface area contributed by atoms with Crippen LogP contribution < -0.4 is 0 Å². The van der Waals surface area contributed by atoms with Crippen molar-refractivity contribution in [3.63, 3.8) is 0 Å². The molecule has 24 heavy (non-hydrogen) atoms. The topological polar surface area (TPSA) is 76.4 Å². The maximum atomic E-state index is 12.6. The van der Waals surface area contributed by atoms with E-state index < -0.39 is 21.4 Å². The fourth-order valence-corrected chi connectivity index (χ4v) is 3.77. The largest absolute Gasteiger partial charge is 0.478 e. The zero-order chi connectivity index (χ0) is 18.0. The van der Waals surface area contributed by atoms with E-state index in [1.54, 1.807) is 42.6 Å². The normalized spacial score (nSPS) is 12.6. The summed E-state index contributed by atoms with van der Waals surface area (Å²) in [6.45, 7) is 3.79. The van der Waals surface area contributed by atoms with Gasteiger partial charge in [-0.15, -0.1) is 0 Å². The fourth-order valence-electron chi connectivity index (χ4n) is 2.28. The Kier molecular flexibility index (Phi) is 5.35. The smallest absolute Gasteiger partial charge is 0.327 e. The maximum absolute atomic E-state index is 12.6. The lowest BCUT2D eigenvalue weighted by atomic mass is 9.86. The number of carboxylic acid groups (broad SMARTS) is 1. The van der Waals surface area contributed by atoms with Gasteiger partial charge in [0, 0.05) is 22.9 Å². The Balaban J connectivity index is 2.24. The number of allylic oxidation sites excluding steroid dienone is 1. The predicted molar refractivity (Wildman–Crippen MR) is 95.4 cm³/mol. The molecule has 0 amide bonds. The molecule has 2 rings (SSSR count). The molecule has 1 aromatic heterocycles. The van der Waals surface area contributed by atoms with Crippen LogP contribution in [-0.2, 0) is 21.2 Å². The number of aliphatic carboxylic acids is 1. The molecule has 0 fully saturated rings. The Morgan fingerprint density at radius 2 is 1.88 bits per heavy atom. The summed E-state index contributed by atoms with van der Waals surface area (Å²) in [4.78, 5) is 10.8. The van der Waals surface area contributed by atoms with Crippen molar-refractivity contribution in [3.8, 4) is 0 Å². The molecule has 0 saturated carbocycles. The highest BCUT2D eigenvalue weighted by molar-refractivity contribution is 9.10. The van der Waals surface area contributed by atoms with Gasteiger partial charge in [0.1, 0.15) is 0 Å². The Morgan fingerprint density at radius 1 is 1.25 bits per heavy atom. The minimum atomic E-state index is -3.63. The molecule has 2 aromatic rings. The van der Waals surface area contributed by atoms with Crippen molar-refractivity contribution in [1.29, 1.82) is 0 Å². The third-order valence-electron chi connectivity index (χ3n) is 3.45. The molecular weight excluding hydrogens is 394 g/mol. The molecule has 0 unspecified atom stereocenters. The fraction of sp³-hybridized carbons (Fsp3) is 0.235. The average molecular weight is 412 g/mol. The number of hydrogen-bond donors (Lipinski definition) is 1. The van der Waals surface area contributed by atoms with Gasteiger partial charge in [-0.25, -0.2) is 17.2 Å². The molecule has 1 aromatic carbocycles. The lowest BCUT2D eigenvalue weighted by molar-refractivity contribution is -0.131. The summed E-state index contributed by atoms with van der Waals surface area (Å²) in [5.74, 6) is -1.00. The summed E-state index contributed by atoms with van der Waals surface area (Å²) in [7, 11) is -3.63. The van der Waals surface area contributed by atoms with Crippen LogP contribution in [0.3, 0.4) is 0 Å². The van der Waals surface area contributed by atoms with Crippen LogP contribution in [0.4, 0.5) is 0 Å². The number of rotatable bonds is 6. The lowest BCUT2D eigenvalue weighted by Gasteiger charge is -2.18. The van der Waals surface area contributed by atoms with E-state index in [0.717, 1.165) is 16.1 Å². The third-order valence-corrected chi connectivity index (χ3v) is 5.63. The van der Waals surface area contributed by atoms with Gasteiger partial charge in [0.05, 0.1) is 4.90 Å². The van der Waals surface area contributed by atoms with E-state index in [0.29, 0.717) is 6.42 Å². The van der Waals surface area contributed by atoms with E-state index in [4.69, 9.17) is 5.11 Å². The molecule has 1 heterocycles. The number of aromatic nitrogens is 1. The summed E-state index contributed by atoms with van der Waals surface area (Å²) in [5.41, 5.74) is 0.419. The number of hydrogen-bond acceptors (Lipinski definition) is 3. The molecule has 1 N–H and O–H groups in total. The Hall–Kier alpha value is -1.86. The van der Waals surface area contributed by atoms with Gasteiger partial charge >= 0.3 is 5.97 Å². The zero-order valence-corrected chi connectivity index (χ0v) is 15.7. The second-order valence-corrected chi connectivity index (χ2v) is 8.90. The first-order chi connectivity index (χ1) is 11.1. The molecule has 0 atom stereocenters. The van der Waals surface area contributed by atoms with Gasteiger partial charge in [-0.2, -0.15) is 0 Å². The molecule has 128 valence electrons. The Labute approximate surface area is 149 Å². The van der Waals surface area contributed by atoms with E-state index in [2.05, 4.69) is 15.9 Å². The van der Waals surface area contributed by atoms with Crippen LogP contribution in [0.5, 0.6) is 0 Å². The molecular formula is C17H18BrNO4S. The minimum absolute atomic E-state index is 0.206. The maximum Gasteiger partial charge on any atom is 0.327 e. The summed E-state index contributed by atoms with van der Waals surface area (Å²) in [6, 6.07) is 8.16. The van der Waals surface area contributed by atoms with Crippen molar-refractivity contribution >= 4 is 31.9 Å². The van der Waals surface area contributed by atoms with E-state index >= 15 is 0 Å². The van der Waals surface area contributed by atoms with Crippen molar-refractivity contribution < 1.29 is 18.3 Å². The number of halogens is 1. The van der Waals surface area contributed by atoms with E-state index in [-0.39, 0.29) is 4.90 Å². The standard InChI is InChI=1S/C17H18BrNO4S/c1-17(2,9-7-16(20)21)11-13-8-10-19(12-13)24(22,23)15-5-3-14(18)4-6-15/h3-10,12H,11H2,1-2H3,(H,20,21)/b9-7+. The van der Waals surface area contributed by atoms with Crippen LogP contribution >= 0.6 is 15.9 Å². The van der Waals surface area contributed by atoms with Gasteiger partial charge in [0.2, 0.25) is 0 Å². The van der Waals surface area contributed by atoms with Crippen LogP contribution in [0, 0.1) is 5.41 Å². The highest BCUT2D eigenvalue weighted by Crippen LogP contribution is 2.25. The minimum Gasteiger partial charge on any atom is -0.478 e. The highest BCUT2D eigenvalue weighted by atomic mass is 79.9. The number of nitrogens with zero attached hydrogens (tertiary/aromatic N) is 1. The van der Waals surface area contributed by atoms with Crippen molar-refractivity contribution in [3.05, 3.63) is 64.9 Å². The van der Waals surface area contributed by atoms with Crippen LogP contribution in [0.1, 0.15) is 19.4 Å². The van der Waals surface area contributed by atoms with E-state index in [1.807, 2.05) is 13.8 Å². The Bertz CT molecular complexity index is 864. The first kappa shape index (κ1) is 18.5. The van der Waals surface area contributed by atoms with Crippen molar-refractivity contribution in [2.24, 2.45) is 5.41 Å². The first-order valence-corrected chi connectivity index (χ1v) is 9.44.